The van der Waals surface area contributed by atoms with Crippen molar-refractivity contribution < 1.29 is 26.7 Å². The number of nitrogens with zero attached hydrogens (tertiary/aromatic N) is 4. The molecule has 0 saturated carbocycles. The second kappa shape index (κ2) is 11.5. The van der Waals surface area contributed by atoms with E-state index in [1.807, 2.05) is 13.8 Å². The SMILES string of the molecule is COS(O)(c1ccc(Cl)nc1)N(CC(=O)NCc1cccc(-c2cnc(C(F)(F)F)cn2)c1)C(C)C. The van der Waals surface area contributed by atoms with Crippen molar-refractivity contribution in [1.29, 1.82) is 0 Å². The lowest BCUT2D eigenvalue weighted by Gasteiger charge is -2.47. The molecule has 0 aliphatic heterocycles. The number of nitrogens with one attached hydrogen (secondary N) is 1. The molecule has 1 aromatic carbocycles. The Morgan fingerprint density at radius 1 is 1.17 bits per heavy atom. The highest BCUT2D eigenvalue weighted by Gasteiger charge is 2.33. The van der Waals surface area contributed by atoms with E-state index in [2.05, 4.69) is 20.3 Å². The predicted molar refractivity (Wildman–Crippen MR) is 131 cm³/mol. The van der Waals surface area contributed by atoms with Gasteiger partial charge in [0.05, 0.1) is 42.8 Å². The average molecular weight is 544 g/mol. The summed E-state index contributed by atoms with van der Waals surface area (Å²) in [4.78, 5) is 24.5. The number of hydrogen-bond donors (Lipinski definition) is 2. The number of halogens is 4. The van der Waals surface area contributed by atoms with Crippen LogP contribution in [0.5, 0.6) is 0 Å². The van der Waals surface area contributed by atoms with Crippen molar-refractivity contribution in [3.8, 4) is 11.3 Å². The van der Waals surface area contributed by atoms with Crippen LogP contribution in [0.4, 0.5) is 13.2 Å². The minimum absolute atomic E-state index is 0.149. The third-order valence-corrected chi connectivity index (χ3v) is 7.82. The average Bonchev–Trinajstić information content (AvgIpc) is 2.85. The topological polar surface area (TPSA) is 100 Å². The third kappa shape index (κ3) is 6.71. The maximum Gasteiger partial charge on any atom is 0.434 e. The minimum Gasteiger partial charge on any atom is -0.351 e. The summed E-state index contributed by atoms with van der Waals surface area (Å²) in [6.07, 6.45) is -1.42. The Morgan fingerprint density at radius 3 is 2.47 bits per heavy atom. The molecule has 194 valence electrons. The molecular formula is C23H25ClF3N5O3S. The number of carbonyl (C=O) groups excluding carboxylic acids is 1. The first kappa shape index (κ1) is 27.8. The fraction of sp³-hybridized carbons (Fsp3) is 0.304. The first-order chi connectivity index (χ1) is 16.9. The van der Waals surface area contributed by atoms with Gasteiger partial charge in [-0.3, -0.25) is 18.5 Å². The Labute approximate surface area is 213 Å². The normalized spacial score (nSPS) is 14.5. The van der Waals surface area contributed by atoms with Crippen molar-refractivity contribution in [3.63, 3.8) is 0 Å². The van der Waals surface area contributed by atoms with Gasteiger partial charge in [0.15, 0.2) is 5.69 Å². The Balaban J connectivity index is 1.69. The lowest BCUT2D eigenvalue weighted by atomic mass is 10.1. The van der Waals surface area contributed by atoms with E-state index in [4.69, 9.17) is 15.8 Å². The highest BCUT2D eigenvalue weighted by Crippen LogP contribution is 2.56. The van der Waals surface area contributed by atoms with Gasteiger partial charge in [0.1, 0.15) is 5.15 Å². The fourth-order valence-corrected chi connectivity index (χ4v) is 5.33. The number of alkyl halides is 3. The predicted octanol–water partition coefficient (Wildman–Crippen LogP) is 5.35. The van der Waals surface area contributed by atoms with Gasteiger partial charge in [-0.25, -0.2) is 9.97 Å². The molecule has 36 heavy (non-hydrogen) atoms. The van der Waals surface area contributed by atoms with Gasteiger partial charge < -0.3 is 5.32 Å². The van der Waals surface area contributed by atoms with Gasteiger partial charge in [-0.05, 0) is 37.6 Å². The van der Waals surface area contributed by atoms with Crippen molar-refractivity contribution >= 4 is 28.3 Å². The number of amides is 1. The van der Waals surface area contributed by atoms with Crippen molar-refractivity contribution in [2.75, 3.05) is 13.7 Å². The van der Waals surface area contributed by atoms with Crippen molar-refractivity contribution in [2.24, 2.45) is 0 Å². The number of rotatable bonds is 9. The van der Waals surface area contributed by atoms with E-state index in [0.29, 0.717) is 22.2 Å². The summed E-state index contributed by atoms with van der Waals surface area (Å²) in [5.74, 6) is -0.367. The van der Waals surface area contributed by atoms with Gasteiger partial charge >= 0.3 is 6.18 Å². The Morgan fingerprint density at radius 2 is 1.92 bits per heavy atom. The maximum absolute atomic E-state index is 12.8. The van der Waals surface area contributed by atoms with Crippen LogP contribution in [0.1, 0.15) is 25.1 Å². The van der Waals surface area contributed by atoms with E-state index in [1.165, 1.54) is 19.4 Å². The van der Waals surface area contributed by atoms with Gasteiger partial charge in [0.25, 0.3) is 0 Å². The molecule has 2 N–H and O–H groups in total. The first-order valence-corrected chi connectivity index (χ1v) is 12.5. The molecule has 0 aliphatic rings. The monoisotopic (exact) mass is 543 g/mol. The Bertz CT molecular complexity index is 1180. The van der Waals surface area contributed by atoms with E-state index < -0.39 is 22.6 Å². The second-order valence-electron chi connectivity index (χ2n) is 7.91. The van der Waals surface area contributed by atoms with Crippen LogP contribution < -0.4 is 5.32 Å². The van der Waals surface area contributed by atoms with Crippen molar-refractivity contribution in [2.45, 2.75) is 37.5 Å². The van der Waals surface area contributed by atoms with Crippen LogP contribution in [0.15, 0.2) is 59.9 Å². The molecule has 1 unspecified atom stereocenters. The van der Waals surface area contributed by atoms with Crippen LogP contribution in [0.2, 0.25) is 5.15 Å². The van der Waals surface area contributed by atoms with Crippen molar-refractivity contribution in [3.05, 3.63) is 71.4 Å². The summed E-state index contributed by atoms with van der Waals surface area (Å²) in [5, 5.41) is 3.05. The molecule has 0 bridgehead atoms. The van der Waals surface area contributed by atoms with E-state index >= 15 is 0 Å². The zero-order valence-electron chi connectivity index (χ0n) is 19.7. The van der Waals surface area contributed by atoms with Crippen LogP contribution >= 0.6 is 22.4 Å². The van der Waals surface area contributed by atoms with E-state index in [9.17, 15) is 22.5 Å². The number of carbonyl (C=O) groups is 1. The molecular weight excluding hydrogens is 519 g/mol. The zero-order valence-corrected chi connectivity index (χ0v) is 21.2. The molecule has 3 aromatic rings. The second-order valence-corrected chi connectivity index (χ2v) is 10.6. The maximum atomic E-state index is 12.8. The van der Waals surface area contributed by atoms with Crippen LogP contribution in [-0.4, -0.2) is 49.4 Å². The Kier molecular flexibility index (Phi) is 8.90. The van der Waals surface area contributed by atoms with E-state index in [1.54, 1.807) is 34.6 Å². The molecule has 0 spiro atoms. The molecule has 2 aromatic heterocycles. The summed E-state index contributed by atoms with van der Waals surface area (Å²) >= 11 is 5.85. The molecule has 0 fully saturated rings. The van der Waals surface area contributed by atoms with E-state index in [0.717, 1.165) is 6.20 Å². The van der Waals surface area contributed by atoms with Crippen LogP contribution in [0, 0.1) is 0 Å². The van der Waals surface area contributed by atoms with E-state index in [-0.39, 0.29) is 35.9 Å². The van der Waals surface area contributed by atoms with Gasteiger partial charge in [-0.15, -0.1) is 10.8 Å². The molecule has 3 rings (SSSR count). The smallest absolute Gasteiger partial charge is 0.351 e. The highest BCUT2D eigenvalue weighted by atomic mass is 35.5. The number of aromatic nitrogens is 3. The molecule has 2 heterocycles. The van der Waals surface area contributed by atoms with Crippen LogP contribution in [0.25, 0.3) is 11.3 Å². The molecule has 1 amide bonds. The largest absolute Gasteiger partial charge is 0.434 e. The number of hydrogen-bond acceptors (Lipinski definition) is 7. The highest BCUT2D eigenvalue weighted by molar-refractivity contribution is 8.23. The van der Waals surface area contributed by atoms with Crippen LogP contribution in [-0.2, 0) is 21.7 Å². The lowest BCUT2D eigenvalue weighted by molar-refractivity contribution is -0.141. The molecule has 0 saturated heterocycles. The van der Waals surface area contributed by atoms with Gasteiger partial charge in [-0.2, -0.15) is 17.5 Å². The van der Waals surface area contributed by atoms with Crippen LogP contribution in [0.3, 0.4) is 0 Å². The molecule has 13 heteroatoms. The summed E-state index contributed by atoms with van der Waals surface area (Å²) in [6.45, 7) is 3.63. The fourth-order valence-electron chi connectivity index (χ4n) is 3.26. The Hall–Kier alpha value is -2.77. The summed E-state index contributed by atoms with van der Waals surface area (Å²) < 4.78 is 56.5. The molecule has 8 nitrogen and oxygen atoms in total. The van der Waals surface area contributed by atoms with Gasteiger partial charge in [0, 0.05) is 18.2 Å². The first-order valence-electron chi connectivity index (χ1n) is 10.7. The summed E-state index contributed by atoms with van der Waals surface area (Å²) in [6, 6.07) is 9.72. The third-order valence-electron chi connectivity index (χ3n) is 5.09. The standard InChI is InChI=1S/C23H25ClF3N5O3S/c1-15(2)32(36(34,35-3)18-7-8-21(24)30-11-18)14-22(33)31-10-16-5-4-6-17(9-16)19-12-29-20(13-28-19)23(25,26)27/h4-9,11-13,15,34H,10,14H2,1-3H3,(H,31,33). The minimum atomic E-state index is -4.57. The quantitative estimate of drug-likeness (QED) is 0.351. The number of pyridine rings is 1. The van der Waals surface area contributed by atoms with Crippen molar-refractivity contribution in [1.82, 2.24) is 24.6 Å². The summed E-state index contributed by atoms with van der Waals surface area (Å²) in [5.41, 5.74) is 0.458. The zero-order chi connectivity index (χ0) is 26.5. The number of benzene rings is 1. The molecule has 1 atom stereocenters. The molecule has 0 aliphatic carbocycles. The van der Waals surface area contributed by atoms with Gasteiger partial charge in [0.2, 0.25) is 5.91 Å². The lowest BCUT2D eigenvalue weighted by Crippen LogP contribution is -2.42. The van der Waals surface area contributed by atoms with Gasteiger partial charge in [-0.1, -0.05) is 29.8 Å². The summed E-state index contributed by atoms with van der Waals surface area (Å²) in [7, 11) is -1.64. The molecule has 0 radical (unpaired) electrons.